The van der Waals surface area contributed by atoms with Crippen LogP contribution in [0.4, 0.5) is 0 Å². The Morgan fingerprint density at radius 1 is 1.18 bits per heavy atom. The molecule has 0 radical (unpaired) electrons. The van der Waals surface area contributed by atoms with Gasteiger partial charge in [0.05, 0.1) is 4.90 Å². The molecule has 4 N–H and O–H groups in total. The van der Waals surface area contributed by atoms with Gasteiger partial charge in [0.2, 0.25) is 10.0 Å². The summed E-state index contributed by atoms with van der Waals surface area (Å²) in [4.78, 5) is 4.30. The van der Waals surface area contributed by atoms with E-state index < -0.39 is 10.0 Å². The second kappa shape index (κ2) is 8.75. The molecule has 0 bridgehead atoms. The van der Waals surface area contributed by atoms with Gasteiger partial charge in [-0.05, 0) is 23.6 Å². The van der Waals surface area contributed by atoms with E-state index in [2.05, 4.69) is 29.5 Å². The molecular formula is C15H26N4O2S. The summed E-state index contributed by atoms with van der Waals surface area (Å²) < 4.78 is 22.4. The Bertz CT molecular complexity index is 578. The highest BCUT2D eigenvalue weighted by Crippen LogP contribution is 2.08. The Balaban J connectivity index is 2.53. The maximum atomic E-state index is 11.2. The van der Waals surface area contributed by atoms with Crippen molar-refractivity contribution in [2.45, 2.75) is 38.1 Å². The van der Waals surface area contributed by atoms with Gasteiger partial charge in [0.15, 0.2) is 5.96 Å². The fourth-order valence-corrected chi connectivity index (χ4v) is 2.54. The van der Waals surface area contributed by atoms with Gasteiger partial charge in [-0.3, -0.25) is 4.99 Å². The molecule has 0 spiro atoms. The van der Waals surface area contributed by atoms with Crippen LogP contribution in [-0.4, -0.2) is 28.0 Å². The number of rotatable bonds is 7. The van der Waals surface area contributed by atoms with E-state index in [1.54, 1.807) is 19.2 Å². The first-order chi connectivity index (χ1) is 10.4. The minimum absolute atomic E-state index is 0.118. The third-order valence-corrected chi connectivity index (χ3v) is 4.58. The highest BCUT2D eigenvalue weighted by atomic mass is 32.2. The van der Waals surface area contributed by atoms with Crippen LogP contribution in [0.1, 0.15) is 32.3 Å². The molecule has 1 rings (SSSR count). The van der Waals surface area contributed by atoms with Crippen LogP contribution in [0.3, 0.4) is 0 Å². The molecule has 0 saturated carbocycles. The summed E-state index contributed by atoms with van der Waals surface area (Å²) in [5.74, 6) is 1.37. The van der Waals surface area contributed by atoms with Crippen molar-refractivity contribution in [1.82, 2.24) is 10.6 Å². The van der Waals surface area contributed by atoms with E-state index in [1.807, 2.05) is 0 Å². The van der Waals surface area contributed by atoms with Crippen molar-refractivity contribution in [3.05, 3.63) is 29.8 Å². The monoisotopic (exact) mass is 326 g/mol. The van der Waals surface area contributed by atoms with Crippen molar-refractivity contribution < 1.29 is 8.42 Å². The van der Waals surface area contributed by atoms with Crippen LogP contribution < -0.4 is 15.8 Å². The maximum Gasteiger partial charge on any atom is 0.238 e. The van der Waals surface area contributed by atoms with Crippen LogP contribution in [0, 0.1) is 5.92 Å². The molecule has 0 fully saturated rings. The van der Waals surface area contributed by atoms with Gasteiger partial charge in [0.25, 0.3) is 0 Å². The van der Waals surface area contributed by atoms with Crippen molar-refractivity contribution in [1.29, 1.82) is 0 Å². The molecule has 1 aromatic carbocycles. The van der Waals surface area contributed by atoms with Crippen LogP contribution >= 0.6 is 0 Å². The number of nitrogens with one attached hydrogen (secondary N) is 2. The van der Waals surface area contributed by atoms with Crippen molar-refractivity contribution >= 4 is 16.0 Å². The molecule has 0 atom stereocenters. The standard InChI is InChI=1S/C15H26N4O2S/c1-4-12(5-2)10-18-15(17-3)19-11-13-6-8-14(9-7-13)22(16,20)21/h6-9,12H,4-5,10-11H2,1-3H3,(H2,16,20,21)(H2,17,18,19). The molecule has 7 heteroatoms. The summed E-state index contributed by atoms with van der Waals surface area (Å²) in [5.41, 5.74) is 0.956. The highest BCUT2D eigenvalue weighted by molar-refractivity contribution is 7.89. The van der Waals surface area contributed by atoms with Crippen LogP contribution in [-0.2, 0) is 16.6 Å². The van der Waals surface area contributed by atoms with E-state index in [0.29, 0.717) is 12.5 Å². The molecule has 1 aromatic rings. The number of hydrogen-bond acceptors (Lipinski definition) is 3. The van der Waals surface area contributed by atoms with E-state index in [9.17, 15) is 8.42 Å². The Morgan fingerprint density at radius 2 is 1.77 bits per heavy atom. The topological polar surface area (TPSA) is 96.6 Å². The van der Waals surface area contributed by atoms with Gasteiger partial charge in [-0.25, -0.2) is 13.6 Å². The predicted molar refractivity (Wildman–Crippen MR) is 90.1 cm³/mol. The summed E-state index contributed by atoms with van der Waals surface area (Å²) in [6.45, 7) is 5.81. The quantitative estimate of drug-likeness (QED) is 0.522. The average molecular weight is 326 g/mol. The maximum absolute atomic E-state index is 11.2. The van der Waals surface area contributed by atoms with Crippen molar-refractivity contribution in [2.75, 3.05) is 13.6 Å². The first-order valence-electron chi connectivity index (χ1n) is 7.46. The number of nitrogens with two attached hydrogens (primary N) is 1. The molecule has 124 valence electrons. The molecule has 0 aliphatic heterocycles. The second-order valence-electron chi connectivity index (χ2n) is 5.18. The number of sulfonamides is 1. The summed E-state index contributed by atoms with van der Waals surface area (Å²) in [5, 5.41) is 11.6. The SMILES string of the molecule is CCC(CC)CNC(=NC)NCc1ccc(S(N)(=O)=O)cc1. The Labute approximate surface area is 133 Å². The van der Waals surface area contributed by atoms with E-state index in [-0.39, 0.29) is 4.90 Å². The first-order valence-corrected chi connectivity index (χ1v) is 9.01. The zero-order chi connectivity index (χ0) is 16.6. The zero-order valence-corrected chi connectivity index (χ0v) is 14.3. The third-order valence-electron chi connectivity index (χ3n) is 3.65. The van der Waals surface area contributed by atoms with Crippen molar-refractivity contribution in [3.8, 4) is 0 Å². The summed E-state index contributed by atoms with van der Waals surface area (Å²) >= 11 is 0. The summed E-state index contributed by atoms with van der Waals surface area (Å²) in [6.07, 6.45) is 2.27. The summed E-state index contributed by atoms with van der Waals surface area (Å²) in [7, 11) is -1.91. The third kappa shape index (κ3) is 6.03. The number of aliphatic imine (C=N–C) groups is 1. The first kappa shape index (κ1) is 18.4. The molecular weight excluding hydrogens is 300 g/mol. The Morgan fingerprint density at radius 3 is 2.23 bits per heavy atom. The minimum Gasteiger partial charge on any atom is -0.356 e. The lowest BCUT2D eigenvalue weighted by molar-refractivity contribution is 0.481. The number of hydrogen-bond donors (Lipinski definition) is 3. The number of nitrogens with zero attached hydrogens (tertiary/aromatic N) is 1. The van der Waals surface area contributed by atoms with E-state index in [0.717, 1.165) is 30.9 Å². The van der Waals surface area contributed by atoms with Crippen LogP contribution in [0.2, 0.25) is 0 Å². The average Bonchev–Trinajstić information content (AvgIpc) is 2.50. The molecule has 0 saturated heterocycles. The van der Waals surface area contributed by atoms with Gasteiger partial charge in [0.1, 0.15) is 0 Å². The highest BCUT2D eigenvalue weighted by Gasteiger charge is 2.07. The van der Waals surface area contributed by atoms with E-state index >= 15 is 0 Å². The number of primary sulfonamides is 1. The molecule has 22 heavy (non-hydrogen) atoms. The molecule has 0 amide bonds. The number of benzene rings is 1. The fraction of sp³-hybridized carbons (Fsp3) is 0.533. The van der Waals surface area contributed by atoms with Crippen LogP contribution in [0.25, 0.3) is 0 Å². The van der Waals surface area contributed by atoms with Gasteiger partial charge in [-0.2, -0.15) is 0 Å². The number of guanidine groups is 1. The van der Waals surface area contributed by atoms with Gasteiger partial charge >= 0.3 is 0 Å². The lowest BCUT2D eigenvalue weighted by atomic mass is 10.0. The molecule has 0 heterocycles. The molecule has 6 nitrogen and oxygen atoms in total. The van der Waals surface area contributed by atoms with Gasteiger partial charge < -0.3 is 10.6 Å². The van der Waals surface area contributed by atoms with E-state index in [1.165, 1.54) is 12.1 Å². The molecule has 0 unspecified atom stereocenters. The largest absolute Gasteiger partial charge is 0.356 e. The van der Waals surface area contributed by atoms with Crippen molar-refractivity contribution in [2.24, 2.45) is 16.0 Å². The Hall–Kier alpha value is -1.60. The molecule has 0 aliphatic rings. The smallest absolute Gasteiger partial charge is 0.238 e. The molecule has 0 aromatic heterocycles. The second-order valence-corrected chi connectivity index (χ2v) is 6.74. The fourth-order valence-electron chi connectivity index (χ4n) is 2.02. The Kier molecular flexibility index (Phi) is 7.34. The minimum atomic E-state index is -3.64. The normalized spacial score (nSPS) is 12.5. The van der Waals surface area contributed by atoms with Gasteiger partial charge in [0, 0.05) is 20.1 Å². The lowest BCUT2D eigenvalue weighted by Gasteiger charge is -2.16. The van der Waals surface area contributed by atoms with Gasteiger partial charge in [-0.15, -0.1) is 0 Å². The summed E-state index contributed by atoms with van der Waals surface area (Å²) in [6, 6.07) is 6.49. The van der Waals surface area contributed by atoms with Crippen LogP contribution in [0.5, 0.6) is 0 Å². The zero-order valence-electron chi connectivity index (χ0n) is 13.5. The van der Waals surface area contributed by atoms with E-state index in [4.69, 9.17) is 5.14 Å². The lowest BCUT2D eigenvalue weighted by Crippen LogP contribution is -2.39. The predicted octanol–water partition coefficient (Wildman–Crippen LogP) is 1.44. The molecule has 0 aliphatic carbocycles. The van der Waals surface area contributed by atoms with Crippen LogP contribution in [0.15, 0.2) is 34.2 Å². The van der Waals surface area contributed by atoms with Crippen molar-refractivity contribution in [3.63, 3.8) is 0 Å². The van der Waals surface area contributed by atoms with Gasteiger partial charge in [-0.1, -0.05) is 38.8 Å².